The first-order chi connectivity index (χ1) is 8.40. The zero-order valence-electron chi connectivity index (χ0n) is 10.4. The van der Waals surface area contributed by atoms with Crippen molar-refractivity contribution in [1.29, 1.82) is 0 Å². The lowest BCUT2D eigenvalue weighted by molar-refractivity contribution is -0.131. The molecule has 0 bridgehead atoms. The lowest BCUT2D eigenvalue weighted by atomic mass is 9.88. The Hall–Kier alpha value is -0.0300. The minimum absolute atomic E-state index is 0.222. The molecule has 5 nitrogen and oxygen atoms in total. The molecule has 18 heavy (non-hydrogen) atoms. The SMILES string of the molecule is CO[C@H](C(=O)Nc1ncc(I)cn1)C(C)(C)CI. The van der Waals surface area contributed by atoms with Gasteiger partial charge in [0, 0.05) is 32.9 Å². The highest BCUT2D eigenvalue weighted by atomic mass is 127. The van der Waals surface area contributed by atoms with E-state index in [-0.39, 0.29) is 11.3 Å². The maximum absolute atomic E-state index is 12.1. The van der Waals surface area contributed by atoms with Crippen LogP contribution in [0.15, 0.2) is 12.4 Å². The van der Waals surface area contributed by atoms with Gasteiger partial charge < -0.3 is 4.74 Å². The first-order valence-corrected chi connectivity index (χ1v) is 7.88. The van der Waals surface area contributed by atoms with Crippen LogP contribution in [-0.4, -0.2) is 33.5 Å². The molecule has 0 spiro atoms. The van der Waals surface area contributed by atoms with E-state index in [1.165, 1.54) is 7.11 Å². The second kappa shape index (κ2) is 6.94. The van der Waals surface area contributed by atoms with Crippen molar-refractivity contribution in [3.8, 4) is 0 Å². The van der Waals surface area contributed by atoms with Gasteiger partial charge >= 0.3 is 0 Å². The van der Waals surface area contributed by atoms with Gasteiger partial charge in [-0.15, -0.1) is 0 Å². The van der Waals surface area contributed by atoms with Crippen LogP contribution in [0.3, 0.4) is 0 Å². The molecule has 0 saturated carbocycles. The van der Waals surface area contributed by atoms with Crippen LogP contribution in [0.1, 0.15) is 13.8 Å². The zero-order chi connectivity index (χ0) is 13.8. The van der Waals surface area contributed by atoms with Crippen molar-refractivity contribution in [2.45, 2.75) is 20.0 Å². The van der Waals surface area contributed by atoms with Gasteiger partial charge in [-0.05, 0) is 22.6 Å². The van der Waals surface area contributed by atoms with E-state index in [2.05, 4.69) is 60.5 Å². The fourth-order valence-corrected chi connectivity index (χ4v) is 2.08. The minimum Gasteiger partial charge on any atom is -0.371 e. The highest BCUT2D eigenvalue weighted by Crippen LogP contribution is 2.26. The predicted molar refractivity (Wildman–Crippen MR) is 86.8 cm³/mol. The summed E-state index contributed by atoms with van der Waals surface area (Å²) < 4.78 is 7.02. The number of carbonyl (C=O) groups is 1. The van der Waals surface area contributed by atoms with Crippen LogP contribution in [0.25, 0.3) is 0 Å². The van der Waals surface area contributed by atoms with Gasteiger partial charge in [-0.25, -0.2) is 9.97 Å². The fraction of sp³-hybridized carbons (Fsp3) is 0.545. The number of anilines is 1. The number of carbonyl (C=O) groups excluding carboxylic acids is 1. The van der Waals surface area contributed by atoms with E-state index < -0.39 is 6.10 Å². The first-order valence-electron chi connectivity index (χ1n) is 5.28. The second-order valence-corrected chi connectivity index (χ2v) is 6.46. The average molecular weight is 475 g/mol. The van der Waals surface area contributed by atoms with E-state index in [1.54, 1.807) is 12.4 Å². The molecule has 1 aromatic heterocycles. The van der Waals surface area contributed by atoms with E-state index in [9.17, 15) is 4.79 Å². The molecule has 0 aliphatic heterocycles. The smallest absolute Gasteiger partial charge is 0.256 e. The van der Waals surface area contributed by atoms with Gasteiger partial charge in [-0.3, -0.25) is 10.1 Å². The van der Waals surface area contributed by atoms with Gasteiger partial charge in [0.25, 0.3) is 5.91 Å². The molecule has 1 heterocycles. The van der Waals surface area contributed by atoms with Crippen molar-refractivity contribution >= 4 is 57.0 Å². The average Bonchev–Trinajstić information content (AvgIpc) is 2.32. The van der Waals surface area contributed by atoms with Crippen LogP contribution >= 0.6 is 45.2 Å². The Kier molecular flexibility index (Phi) is 6.18. The lowest BCUT2D eigenvalue weighted by Crippen LogP contribution is -2.43. The Bertz CT molecular complexity index is 409. The third-order valence-electron chi connectivity index (χ3n) is 2.38. The number of nitrogens with zero attached hydrogens (tertiary/aromatic N) is 2. The Morgan fingerprint density at radius 2 is 2.06 bits per heavy atom. The number of alkyl halides is 1. The molecular formula is C11H15I2N3O2. The first kappa shape index (κ1) is 16.0. The minimum atomic E-state index is -0.530. The molecule has 1 N–H and O–H groups in total. The highest BCUT2D eigenvalue weighted by molar-refractivity contribution is 14.1. The summed E-state index contributed by atoms with van der Waals surface area (Å²) in [5, 5.41) is 2.67. The second-order valence-electron chi connectivity index (χ2n) is 4.45. The Labute approximate surface area is 134 Å². The van der Waals surface area contributed by atoms with Gasteiger partial charge in [-0.1, -0.05) is 36.4 Å². The quantitative estimate of drug-likeness (QED) is 0.526. The van der Waals surface area contributed by atoms with Crippen LogP contribution in [-0.2, 0) is 9.53 Å². The number of methoxy groups -OCH3 is 1. The summed E-state index contributed by atoms with van der Waals surface area (Å²) in [5.74, 6) is 0.0760. The van der Waals surface area contributed by atoms with Crippen molar-refractivity contribution in [3.63, 3.8) is 0 Å². The molecule has 0 aliphatic carbocycles. The molecule has 1 atom stereocenters. The third-order valence-corrected chi connectivity index (χ3v) is 4.91. The van der Waals surface area contributed by atoms with E-state index in [0.29, 0.717) is 5.95 Å². The molecule has 7 heteroatoms. The predicted octanol–water partition coefficient (Wildman–Crippen LogP) is 2.50. The van der Waals surface area contributed by atoms with Gasteiger partial charge in [-0.2, -0.15) is 0 Å². The van der Waals surface area contributed by atoms with E-state index in [1.807, 2.05) is 13.8 Å². The van der Waals surface area contributed by atoms with Gasteiger partial charge in [0.05, 0.1) is 0 Å². The number of aromatic nitrogens is 2. The number of rotatable bonds is 5. The number of nitrogens with one attached hydrogen (secondary N) is 1. The molecule has 0 aliphatic rings. The Balaban J connectivity index is 2.77. The largest absolute Gasteiger partial charge is 0.371 e. The van der Waals surface area contributed by atoms with Crippen LogP contribution in [0.2, 0.25) is 0 Å². The molecule has 0 unspecified atom stereocenters. The lowest BCUT2D eigenvalue weighted by Gasteiger charge is -2.29. The molecule has 100 valence electrons. The van der Waals surface area contributed by atoms with Crippen LogP contribution in [0.4, 0.5) is 5.95 Å². The summed E-state index contributed by atoms with van der Waals surface area (Å²) in [6.45, 7) is 3.98. The topological polar surface area (TPSA) is 64.1 Å². The molecule has 0 radical (unpaired) electrons. The van der Waals surface area contributed by atoms with Crippen LogP contribution < -0.4 is 5.32 Å². The van der Waals surface area contributed by atoms with Crippen molar-refractivity contribution in [1.82, 2.24) is 9.97 Å². The fourth-order valence-electron chi connectivity index (χ4n) is 1.40. The number of halogens is 2. The van der Waals surface area contributed by atoms with Crippen molar-refractivity contribution in [3.05, 3.63) is 16.0 Å². The maximum atomic E-state index is 12.1. The summed E-state index contributed by atoms with van der Waals surface area (Å²) in [7, 11) is 1.53. The molecular weight excluding hydrogens is 460 g/mol. The molecule has 1 rings (SSSR count). The van der Waals surface area contributed by atoms with E-state index in [4.69, 9.17) is 4.74 Å². The summed E-state index contributed by atoms with van der Waals surface area (Å²) in [5.41, 5.74) is -0.247. The summed E-state index contributed by atoms with van der Waals surface area (Å²) >= 11 is 4.35. The molecule has 1 amide bonds. The van der Waals surface area contributed by atoms with Gasteiger partial charge in [0.2, 0.25) is 5.95 Å². The van der Waals surface area contributed by atoms with E-state index >= 15 is 0 Å². The normalized spacial score (nSPS) is 13.2. The van der Waals surface area contributed by atoms with Gasteiger partial charge in [0.15, 0.2) is 0 Å². The van der Waals surface area contributed by atoms with Crippen molar-refractivity contribution < 1.29 is 9.53 Å². The maximum Gasteiger partial charge on any atom is 0.256 e. The summed E-state index contributed by atoms with van der Waals surface area (Å²) in [4.78, 5) is 20.2. The van der Waals surface area contributed by atoms with Crippen molar-refractivity contribution in [2.75, 3.05) is 16.9 Å². The van der Waals surface area contributed by atoms with Crippen LogP contribution in [0, 0.1) is 8.99 Å². The standard InChI is InChI=1S/C11H15I2N3O2/c1-11(2,6-12)8(18-3)9(17)16-10-14-4-7(13)5-15-10/h4-5,8H,6H2,1-3H3,(H,14,15,16,17)/t8-/m1/s1. The Morgan fingerprint density at radius 3 is 2.50 bits per heavy atom. The Morgan fingerprint density at radius 1 is 1.50 bits per heavy atom. The summed E-state index contributed by atoms with van der Waals surface area (Å²) in [6.07, 6.45) is 2.76. The number of hydrogen-bond acceptors (Lipinski definition) is 4. The highest BCUT2D eigenvalue weighted by Gasteiger charge is 2.34. The number of ether oxygens (including phenoxy) is 1. The molecule has 1 aromatic rings. The number of hydrogen-bond donors (Lipinski definition) is 1. The molecule has 0 aromatic carbocycles. The van der Waals surface area contributed by atoms with Crippen LogP contribution in [0.5, 0.6) is 0 Å². The molecule has 0 fully saturated rings. The zero-order valence-corrected chi connectivity index (χ0v) is 14.7. The van der Waals surface area contributed by atoms with Crippen molar-refractivity contribution in [2.24, 2.45) is 5.41 Å². The molecule has 0 saturated heterocycles. The monoisotopic (exact) mass is 475 g/mol. The summed E-state index contributed by atoms with van der Waals surface area (Å²) in [6, 6.07) is 0. The van der Waals surface area contributed by atoms with Gasteiger partial charge in [0.1, 0.15) is 6.10 Å². The number of amides is 1. The third kappa shape index (κ3) is 4.26. The van der Waals surface area contributed by atoms with E-state index in [0.717, 1.165) is 8.00 Å².